The smallest absolute Gasteiger partial charge is 0.303 e. The lowest BCUT2D eigenvalue weighted by atomic mass is 10.2. The Kier molecular flexibility index (Phi) is 8.42. The van der Waals surface area contributed by atoms with Crippen LogP contribution >= 0.6 is 0 Å². The fourth-order valence-electron chi connectivity index (χ4n) is 1.37. The molecular formula is C13H20N3O6. The lowest BCUT2D eigenvalue weighted by Gasteiger charge is -2.18. The third kappa shape index (κ3) is 7.98. The van der Waals surface area contributed by atoms with Gasteiger partial charge in [-0.2, -0.15) is 0 Å². The van der Waals surface area contributed by atoms with E-state index in [1.807, 2.05) is 0 Å². The molecule has 4 N–H and O–H groups in total. The summed E-state index contributed by atoms with van der Waals surface area (Å²) in [4.78, 5) is 55.4. The molecule has 0 aliphatic rings. The van der Waals surface area contributed by atoms with Crippen molar-refractivity contribution in [1.29, 1.82) is 0 Å². The molecule has 22 heavy (non-hydrogen) atoms. The first kappa shape index (κ1) is 19.6. The van der Waals surface area contributed by atoms with Gasteiger partial charge in [0.2, 0.25) is 24.0 Å². The van der Waals surface area contributed by atoms with E-state index in [2.05, 4.69) is 16.0 Å². The van der Waals surface area contributed by atoms with Crippen molar-refractivity contribution in [3.8, 4) is 0 Å². The topological polar surface area (TPSA) is 142 Å². The number of carboxylic acids is 1. The molecule has 0 aromatic heterocycles. The number of amides is 3. The van der Waals surface area contributed by atoms with E-state index in [9.17, 15) is 24.0 Å². The number of nitrogens with one attached hydrogen (secondary N) is 3. The van der Waals surface area contributed by atoms with Crippen molar-refractivity contribution >= 4 is 30.0 Å². The first-order valence-corrected chi connectivity index (χ1v) is 6.67. The largest absolute Gasteiger partial charge is 0.481 e. The molecule has 0 bridgehead atoms. The van der Waals surface area contributed by atoms with E-state index in [0.717, 1.165) is 0 Å². The Morgan fingerprint density at radius 1 is 0.909 bits per heavy atom. The molecule has 9 nitrogen and oxygen atoms in total. The fraction of sp³-hybridized carbons (Fsp3) is 0.615. The second kappa shape index (κ2) is 9.48. The summed E-state index contributed by atoms with van der Waals surface area (Å²) in [6, 6.07) is -2.62. The highest BCUT2D eigenvalue weighted by Gasteiger charge is 2.21. The van der Waals surface area contributed by atoms with Gasteiger partial charge in [-0.15, -0.1) is 0 Å². The molecule has 0 aliphatic carbocycles. The van der Waals surface area contributed by atoms with Crippen LogP contribution < -0.4 is 16.0 Å². The molecule has 0 aromatic carbocycles. The minimum absolute atomic E-state index is 0.240. The minimum atomic E-state index is -1.11. The van der Waals surface area contributed by atoms with Crippen LogP contribution in [-0.4, -0.2) is 53.2 Å². The Labute approximate surface area is 127 Å². The van der Waals surface area contributed by atoms with Crippen LogP contribution in [0.4, 0.5) is 0 Å². The molecule has 9 heteroatoms. The molecule has 0 saturated carbocycles. The summed E-state index contributed by atoms with van der Waals surface area (Å²) in [5.74, 6) is -2.85. The van der Waals surface area contributed by atoms with Crippen molar-refractivity contribution in [2.45, 2.75) is 51.7 Å². The molecule has 0 heterocycles. The van der Waals surface area contributed by atoms with Crippen LogP contribution in [0.25, 0.3) is 0 Å². The summed E-state index contributed by atoms with van der Waals surface area (Å²) >= 11 is 0. The predicted octanol–water partition coefficient (Wildman–Crippen LogP) is -1.52. The van der Waals surface area contributed by atoms with Crippen LogP contribution in [0.2, 0.25) is 0 Å². The molecule has 3 amide bonds. The number of aliphatic carboxylic acids is 1. The van der Waals surface area contributed by atoms with Crippen LogP contribution in [-0.2, 0) is 24.0 Å². The first-order valence-electron chi connectivity index (χ1n) is 6.67. The predicted molar refractivity (Wildman–Crippen MR) is 75.4 cm³/mol. The van der Waals surface area contributed by atoms with Crippen molar-refractivity contribution in [3.05, 3.63) is 0 Å². The van der Waals surface area contributed by atoms with Gasteiger partial charge < -0.3 is 21.1 Å². The van der Waals surface area contributed by atoms with E-state index >= 15 is 0 Å². The van der Waals surface area contributed by atoms with Crippen molar-refractivity contribution in [1.82, 2.24) is 16.0 Å². The number of carbonyl (C=O) groups excluding carboxylic acids is 4. The normalized spacial score (nSPS) is 14.1. The summed E-state index contributed by atoms with van der Waals surface area (Å²) in [6.45, 7) is 4.26. The number of hydrogen-bond donors (Lipinski definition) is 4. The molecule has 0 aromatic rings. The maximum atomic E-state index is 11.8. The Hall–Kier alpha value is -2.45. The van der Waals surface area contributed by atoms with Gasteiger partial charge >= 0.3 is 5.97 Å². The molecule has 1 radical (unpaired) electrons. The molecule has 3 atom stereocenters. The van der Waals surface area contributed by atoms with Crippen LogP contribution in [0.15, 0.2) is 0 Å². The van der Waals surface area contributed by atoms with Crippen LogP contribution in [0.3, 0.4) is 0 Å². The van der Waals surface area contributed by atoms with E-state index in [1.165, 1.54) is 20.8 Å². The van der Waals surface area contributed by atoms with Crippen molar-refractivity contribution in [2.24, 2.45) is 0 Å². The Balaban J connectivity index is 4.28. The maximum absolute atomic E-state index is 11.8. The van der Waals surface area contributed by atoms with Crippen molar-refractivity contribution < 1.29 is 29.1 Å². The van der Waals surface area contributed by atoms with Crippen LogP contribution in [0, 0.1) is 0 Å². The van der Waals surface area contributed by atoms with Crippen molar-refractivity contribution in [3.63, 3.8) is 0 Å². The Morgan fingerprint density at radius 2 is 1.41 bits per heavy atom. The van der Waals surface area contributed by atoms with Gasteiger partial charge in [-0.25, -0.2) is 0 Å². The summed E-state index contributed by atoms with van der Waals surface area (Å²) in [6.07, 6.45) is 1.00. The highest BCUT2D eigenvalue weighted by Crippen LogP contribution is 1.93. The summed E-state index contributed by atoms with van der Waals surface area (Å²) in [7, 11) is 0. The summed E-state index contributed by atoms with van der Waals surface area (Å²) in [5.41, 5.74) is 0. The molecule has 0 aliphatic heterocycles. The summed E-state index contributed by atoms with van der Waals surface area (Å²) in [5, 5.41) is 15.5. The van der Waals surface area contributed by atoms with E-state index in [-0.39, 0.29) is 12.8 Å². The Bertz CT molecular complexity index is 451. The van der Waals surface area contributed by atoms with E-state index in [0.29, 0.717) is 0 Å². The van der Waals surface area contributed by atoms with Gasteiger partial charge in [-0.3, -0.25) is 24.0 Å². The zero-order valence-corrected chi connectivity index (χ0v) is 12.6. The van der Waals surface area contributed by atoms with Gasteiger partial charge in [-0.05, 0) is 20.8 Å². The molecular weight excluding hydrogens is 294 g/mol. The van der Waals surface area contributed by atoms with Gasteiger partial charge in [0, 0.05) is 6.42 Å². The zero-order valence-electron chi connectivity index (χ0n) is 12.6. The standard InChI is InChI=1S/C13H20N3O6/c1-7(6-17)14-12(21)9(3)16-13(22)8(2)15-10(18)4-5-11(19)20/h7-9H,4-5H2,1-3H3,(H,14,21)(H,15,18)(H,16,22)(H,19,20)/t7?,8-,9-/m0/s1. The van der Waals surface area contributed by atoms with E-state index < -0.39 is 41.8 Å². The van der Waals surface area contributed by atoms with Gasteiger partial charge in [0.15, 0.2) is 0 Å². The fourth-order valence-corrected chi connectivity index (χ4v) is 1.37. The number of rotatable bonds is 9. The third-order valence-electron chi connectivity index (χ3n) is 2.62. The average Bonchev–Trinajstić information content (AvgIpc) is 2.44. The van der Waals surface area contributed by atoms with Gasteiger partial charge in [0.1, 0.15) is 12.1 Å². The van der Waals surface area contributed by atoms with Crippen LogP contribution in [0.1, 0.15) is 33.6 Å². The van der Waals surface area contributed by atoms with Gasteiger partial charge in [0.25, 0.3) is 0 Å². The minimum Gasteiger partial charge on any atom is -0.481 e. The van der Waals surface area contributed by atoms with Crippen LogP contribution in [0.5, 0.6) is 0 Å². The molecule has 0 saturated heterocycles. The number of carbonyl (C=O) groups is 4. The van der Waals surface area contributed by atoms with E-state index in [1.54, 1.807) is 6.29 Å². The number of carboxylic acid groups (broad SMARTS) is 1. The van der Waals surface area contributed by atoms with Gasteiger partial charge in [-0.1, -0.05) is 0 Å². The van der Waals surface area contributed by atoms with E-state index in [4.69, 9.17) is 5.11 Å². The second-order valence-electron chi connectivity index (χ2n) is 4.76. The number of hydrogen-bond acceptors (Lipinski definition) is 5. The molecule has 0 spiro atoms. The maximum Gasteiger partial charge on any atom is 0.303 e. The third-order valence-corrected chi connectivity index (χ3v) is 2.62. The zero-order chi connectivity index (χ0) is 17.3. The first-order chi connectivity index (χ1) is 10.2. The molecule has 0 rings (SSSR count). The molecule has 1 unspecified atom stereocenters. The SMILES string of the molecule is CC([C]=O)NC(=O)[C@H](C)NC(=O)[C@H](C)NC(=O)CCC(=O)O. The Morgan fingerprint density at radius 3 is 1.91 bits per heavy atom. The quantitative estimate of drug-likeness (QED) is 0.407. The monoisotopic (exact) mass is 314 g/mol. The van der Waals surface area contributed by atoms with Gasteiger partial charge in [0.05, 0.1) is 12.5 Å². The molecule has 0 fully saturated rings. The average molecular weight is 314 g/mol. The molecule has 123 valence electrons. The summed E-state index contributed by atoms with van der Waals surface area (Å²) < 4.78 is 0. The second-order valence-corrected chi connectivity index (χ2v) is 4.76. The van der Waals surface area contributed by atoms with Crippen molar-refractivity contribution in [2.75, 3.05) is 0 Å². The lowest BCUT2D eigenvalue weighted by molar-refractivity contribution is -0.139. The highest BCUT2D eigenvalue weighted by atomic mass is 16.4. The lowest BCUT2D eigenvalue weighted by Crippen LogP contribution is -2.52. The highest BCUT2D eigenvalue weighted by molar-refractivity contribution is 5.92.